The van der Waals surface area contributed by atoms with Crippen LogP contribution in [0.3, 0.4) is 0 Å². The smallest absolute Gasteiger partial charge is 0.256 e. The summed E-state index contributed by atoms with van der Waals surface area (Å²) in [4.78, 5) is 20.8. The van der Waals surface area contributed by atoms with Gasteiger partial charge >= 0.3 is 0 Å². The predicted octanol–water partition coefficient (Wildman–Crippen LogP) is 2.05. The molecule has 2 saturated heterocycles. The molecule has 102 valence electrons. The van der Waals surface area contributed by atoms with E-state index < -0.39 is 0 Å². The van der Waals surface area contributed by atoms with Gasteiger partial charge in [-0.15, -0.1) is 0 Å². The first kappa shape index (κ1) is 12.9. The van der Waals surface area contributed by atoms with Crippen LogP contribution in [0.2, 0.25) is 5.02 Å². The number of amides is 1. The largest absolute Gasteiger partial charge is 0.337 e. The molecule has 1 atom stereocenters. The average molecular weight is 280 g/mol. The number of carbonyl (C=O) groups excluding carboxylic acids is 1. The van der Waals surface area contributed by atoms with Crippen LogP contribution in [0.5, 0.6) is 0 Å². The number of nitrogens with zero attached hydrogens (tertiary/aromatic N) is 3. The molecule has 3 heterocycles. The van der Waals surface area contributed by atoms with Crippen LogP contribution < -0.4 is 0 Å². The van der Waals surface area contributed by atoms with Gasteiger partial charge in [0.25, 0.3) is 5.91 Å². The molecule has 2 fully saturated rings. The fraction of sp³-hybridized carbons (Fsp3) is 0.571. The summed E-state index contributed by atoms with van der Waals surface area (Å²) in [5, 5.41) is 0.490. The van der Waals surface area contributed by atoms with E-state index in [-0.39, 0.29) is 5.91 Å². The van der Waals surface area contributed by atoms with E-state index in [0.29, 0.717) is 16.6 Å². The van der Waals surface area contributed by atoms with E-state index in [1.165, 1.54) is 25.9 Å². The molecule has 0 spiro atoms. The second kappa shape index (κ2) is 5.47. The van der Waals surface area contributed by atoms with Crippen molar-refractivity contribution in [2.45, 2.75) is 25.3 Å². The highest BCUT2D eigenvalue weighted by Crippen LogP contribution is 2.23. The van der Waals surface area contributed by atoms with Crippen LogP contribution >= 0.6 is 11.6 Å². The van der Waals surface area contributed by atoms with Crippen LogP contribution in [0.1, 0.15) is 29.6 Å². The van der Waals surface area contributed by atoms with Gasteiger partial charge in [0.1, 0.15) is 0 Å². The van der Waals surface area contributed by atoms with Gasteiger partial charge in [-0.05, 0) is 38.4 Å². The first-order chi connectivity index (χ1) is 9.25. The molecule has 1 aromatic heterocycles. The van der Waals surface area contributed by atoms with Crippen LogP contribution in [0.4, 0.5) is 0 Å². The summed E-state index contributed by atoms with van der Waals surface area (Å²) in [6, 6.07) is 2.20. The molecule has 1 aromatic rings. The third-order valence-corrected chi connectivity index (χ3v) is 4.44. The molecule has 0 bridgehead atoms. The van der Waals surface area contributed by atoms with Crippen molar-refractivity contribution in [1.29, 1.82) is 0 Å². The van der Waals surface area contributed by atoms with E-state index in [4.69, 9.17) is 11.6 Å². The molecule has 0 aliphatic carbocycles. The number of likely N-dealkylation sites (tertiary alicyclic amines) is 2. The SMILES string of the molecule is O=C(c1cnccc1Cl)N1CCC(N2CCCC2)C1. The minimum absolute atomic E-state index is 0.0137. The quantitative estimate of drug-likeness (QED) is 0.831. The van der Waals surface area contributed by atoms with Gasteiger partial charge in [0.2, 0.25) is 0 Å². The summed E-state index contributed by atoms with van der Waals surface area (Å²) >= 11 is 6.06. The Bertz CT molecular complexity index is 474. The molecule has 2 aliphatic heterocycles. The lowest BCUT2D eigenvalue weighted by Crippen LogP contribution is -2.37. The van der Waals surface area contributed by atoms with E-state index >= 15 is 0 Å². The Morgan fingerprint density at radius 3 is 2.84 bits per heavy atom. The Morgan fingerprint density at radius 2 is 2.11 bits per heavy atom. The number of aromatic nitrogens is 1. The Morgan fingerprint density at radius 1 is 1.32 bits per heavy atom. The third kappa shape index (κ3) is 2.60. The maximum absolute atomic E-state index is 12.4. The third-order valence-electron chi connectivity index (χ3n) is 4.11. The van der Waals surface area contributed by atoms with Crippen molar-refractivity contribution in [3.05, 3.63) is 29.0 Å². The highest BCUT2D eigenvalue weighted by atomic mass is 35.5. The molecule has 1 unspecified atom stereocenters. The summed E-state index contributed by atoms with van der Waals surface area (Å²) in [6.45, 7) is 4.01. The van der Waals surface area contributed by atoms with E-state index in [9.17, 15) is 4.79 Å². The molecule has 2 aliphatic rings. The number of pyridine rings is 1. The summed E-state index contributed by atoms with van der Waals surface area (Å²) in [7, 11) is 0. The van der Waals surface area contributed by atoms with Crippen molar-refractivity contribution < 1.29 is 4.79 Å². The number of halogens is 1. The van der Waals surface area contributed by atoms with Gasteiger partial charge in [-0.25, -0.2) is 0 Å². The highest BCUT2D eigenvalue weighted by Gasteiger charge is 2.32. The summed E-state index contributed by atoms with van der Waals surface area (Å²) < 4.78 is 0. The van der Waals surface area contributed by atoms with Crippen LogP contribution in [-0.2, 0) is 0 Å². The van der Waals surface area contributed by atoms with Crippen LogP contribution in [0, 0.1) is 0 Å². The normalized spacial score (nSPS) is 24.1. The lowest BCUT2D eigenvalue weighted by molar-refractivity contribution is 0.0780. The standard InChI is InChI=1S/C14H18ClN3O/c15-13-3-5-16-9-12(13)14(19)18-8-4-11(10-18)17-6-1-2-7-17/h3,5,9,11H,1-2,4,6-8,10H2. The Balaban J connectivity index is 1.67. The monoisotopic (exact) mass is 279 g/mol. The molecule has 0 N–H and O–H groups in total. The molecule has 1 amide bonds. The fourth-order valence-corrected chi connectivity index (χ4v) is 3.22. The average Bonchev–Trinajstić information content (AvgIpc) is 3.09. The number of rotatable bonds is 2. The molecule has 3 rings (SSSR count). The number of carbonyl (C=O) groups is 1. The maximum atomic E-state index is 12.4. The Kier molecular flexibility index (Phi) is 3.71. The fourth-order valence-electron chi connectivity index (χ4n) is 3.04. The molecule has 5 heteroatoms. The molecule has 0 aromatic carbocycles. The first-order valence-corrected chi connectivity index (χ1v) is 7.26. The minimum Gasteiger partial charge on any atom is -0.337 e. The van der Waals surface area contributed by atoms with Crippen molar-refractivity contribution in [3.8, 4) is 0 Å². The van der Waals surface area contributed by atoms with Crippen molar-refractivity contribution in [3.63, 3.8) is 0 Å². The van der Waals surface area contributed by atoms with Gasteiger partial charge in [-0.3, -0.25) is 14.7 Å². The number of hydrogen-bond donors (Lipinski definition) is 0. The van der Waals surface area contributed by atoms with E-state index in [1.807, 2.05) is 4.90 Å². The summed E-state index contributed by atoms with van der Waals surface area (Å²) in [6.07, 6.45) is 6.82. The van der Waals surface area contributed by atoms with Crippen LogP contribution in [-0.4, -0.2) is 52.9 Å². The first-order valence-electron chi connectivity index (χ1n) is 6.88. The number of hydrogen-bond acceptors (Lipinski definition) is 3. The van der Waals surface area contributed by atoms with E-state index in [0.717, 1.165) is 19.5 Å². The molecule has 19 heavy (non-hydrogen) atoms. The summed E-state index contributed by atoms with van der Waals surface area (Å²) in [5.41, 5.74) is 0.520. The van der Waals surface area contributed by atoms with Gasteiger partial charge in [-0.2, -0.15) is 0 Å². The van der Waals surface area contributed by atoms with Crippen molar-refractivity contribution in [2.24, 2.45) is 0 Å². The van der Waals surface area contributed by atoms with Crippen LogP contribution in [0.25, 0.3) is 0 Å². The van der Waals surface area contributed by atoms with Crippen molar-refractivity contribution >= 4 is 17.5 Å². The zero-order chi connectivity index (χ0) is 13.2. The van der Waals surface area contributed by atoms with Crippen molar-refractivity contribution in [1.82, 2.24) is 14.8 Å². The lowest BCUT2D eigenvalue weighted by atomic mass is 10.2. The predicted molar refractivity (Wildman–Crippen MR) is 74.4 cm³/mol. The van der Waals surface area contributed by atoms with E-state index in [2.05, 4.69) is 9.88 Å². The zero-order valence-electron chi connectivity index (χ0n) is 10.9. The lowest BCUT2D eigenvalue weighted by Gasteiger charge is -2.23. The topological polar surface area (TPSA) is 36.4 Å². The molecular formula is C14H18ClN3O. The van der Waals surface area contributed by atoms with Gasteiger partial charge in [0, 0.05) is 31.5 Å². The Hall–Kier alpha value is -1.13. The Labute approximate surface area is 118 Å². The van der Waals surface area contributed by atoms with E-state index in [1.54, 1.807) is 18.5 Å². The summed E-state index contributed by atoms with van der Waals surface area (Å²) in [5.74, 6) is 0.0137. The zero-order valence-corrected chi connectivity index (χ0v) is 11.6. The second-order valence-electron chi connectivity index (χ2n) is 5.29. The van der Waals surface area contributed by atoms with Gasteiger partial charge in [-0.1, -0.05) is 11.6 Å². The molecule has 4 nitrogen and oxygen atoms in total. The second-order valence-corrected chi connectivity index (χ2v) is 5.70. The molecule has 0 radical (unpaired) electrons. The maximum Gasteiger partial charge on any atom is 0.256 e. The van der Waals surface area contributed by atoms with Crippen LogP contribution in [0.15, 0.2) is 18.5 Å². The molecule has 0 saturated carbocycles. The minimum atomic E-state index is 0.0137. The van der Waals surface area contributed by atoms with Gasteiger partial charge < -0.3 is 4.90 Å². The van der Waals surface area contributed by atoms with Gasteiger partial charge in [0.05, 0.1) is 10.6 Å². The molecular weight excluding hydrogens is 262 g/mol. The highest BCUT2D eigenvalue weighted by molar-refractivity contribution is 6.33. The van der Waals surface area contributed by atoms with Gasteiger partial charge in [0.15, 0.2) is 0 Å². The van der Waals surface area contributed by atoms with Crippen molar-refractivity contribution in [2.75, 3.05) is 26.2 Å².